The largest absolute Gasteiger partial charge is 0.507 e. The van der Waals surface area contributed by atoms with Crippen LogP contribution < -0.4 is 15.1 Å². The minimum absolute atomic E-state index is 0.0698. The number of amides is 3. The standard InChI is InChI=1S/C37H32ClN5O6/c1-37(2,3)49-36(47)39-20-8-11-31-26(14-20)41-33(48-31)35(46)42-13-12-21-24-15-27(40-25(24)9-10-28(21)42)34(45)43-18-19(17-38)32-23-7-5-4-6-22(23)30(44)16-29(32)43/h4-11,14-16,19,40,44H,12-13,17-18H2,1-3H3,(H,39,47)/t19-/m1/s1. The molecular formula is C37H32ClN5O6. The molecule has 0 spiro atoms. The van der Waals surface area contributed by atoms with Gasteiger partial charge in [0.2, 0.25) is 0 Å². The fraction of sp³-hybridized carbons (Fsp3) is 0.243. The van der Waals surface area contributed by atoms with E-state index in [4.69, 9.17) is 20.8 Å². The maximum absolute atomic E-state index is 14.0. The van der Waals surface area contributed by atoms with Gasteiger partial charge in [-0.15, -0.1) is 11.6 Å². The number of phenols is 1. The number of carbonyl (C=O) groups excluding carboxylic acids is 3. The molecule has 248 valence electrons. The minimum Gasteiger partial charge on any atom is -0.507 e. The van der Waals surface area contributed by atoms with E-state index in [2.05, 4.69) is 15.3 Å². The molecule has 8 rings (SSSR count). The number of fused-ring (bicyclic) bond motifs is 7. The first-order valence-electron chi connectivity index (χ1n) is 16.0. The van der Waals surface area contributed by atoms with Gasteiger partial charge in [0.1, 0.15) is 22.6 Å². The Morgan fingerprint density at radius 1 is 1.00 bits per heavy atom. The molecule has 2 aliphatic heterocycles. The quantitative estimate of drug-likeness (QED) is 0.162. The normalized spacial score (nSPS) is 15.6. The summed E-state index contributed by atoms with van der Waals surface area (Å²) in [7, 11) is 0. The molecule has 12 heteroatoms. The number of rotatable bonds is 4. The molecule has 0 radical (unpaired) electrons. The van der Waals surface area contributed by atoms with Gasteiger partial charge in [0.15, 0.2) is 5.58 Å². The van der Waals surface area contributed by atoms with Crippen molar-refractivity contribution in [2.75, 3.05) is 34.1 Å². The summed E-state index contributed by atoms with van der Waals surface area (Å²) in [6.07, 6.45) is -0.0201. The van der Waals surface area contributed by atoms with Gasteiger partial charge >= 0.3 is 12.0 Å². The maximum Gasteiger partial charge on any atom is 0.412 e. The number of carbonyl (C=O) groups is 3. The third kappa shape index (κ3) is 5.21. The highest BCUT2D eigenvalue weighted by atomic mass is 35.5. The summed E-state index contributed by atoms with van der Waals surface area (Å²) >= 11 is 6.40. The lowest BCUT2D eigenvalue weighted by Crippen LogP contribution is -2.30. The highest BCUT2D eigenvalue weighted by Crippen LogP contribution is 2.46. The lowest BCUT2D eigenvalue weighted by atomic mass is 9.95. The molecule has 4 aromatic carbocycles. The Labute approximate surface area is 285 Å². The fourth-order valence-corrected chi connectivity index (χ4v) is 7.21. The lowest BCUT2D eigenvalue weighted by Gasteiger charge is -2.19. The van der Waals surface area contributed by atoms with Gasteiger partial charge in [-0.25, -0.2) is 9.78 Å². The van der Waals surface area contributed by atoms with Crippen LogP contribution in [0.4, 0.5) is 21.9 Å². The summed E-state index contributed by atoms with van der Waals surface area (Å²) in [4.78, 5) is 51.0. The average molecular weight is 678 g/mol. The number of alkyl halides is 1. The van der Waals surface area contributed by atoms with Crippen LogP contribution in [0, 0.1) is 0 Å². The Bertz CT molecular complexity index is 2360. The molecule has 0 bridgehead atoms. The SMILES string of the molecule is CC(C)(C)OC(=O)Nc1ccc2oc(C(=O)N3CCc4c3ccc3[nH]c(C(=O)N5C[C@@H](CCl)c6c5cc(O)c5ccccc65)cc43)nc2c1. The van der Waals surface area contributed by atoms with Gasteiger partial charge in [0.05, 0.1) is 5.69 Å². The average Bonchev–Trinajstić information content (AvgIpc) is 3.86. The number of nitrogens with one attached hydrogen (secondary N) is 2. The first-order chi connectivity index (χ1) is 23.5. The number of phenolic OH excluding ortho intramolecular Hbond substituents is 1. The van der Waals surface area contributed by atoms with Crippen molar-refractivity contribution >= 4 is 79.3 Å². The van der Waals surface area contributed by atoms with Crippen LogP contribution in [0.5, 0.6) is 5.75 Å². The van der Waals surface area contributed by atoms with E-state index in [0.717, 1.165) is 38.5 Å². The van der Waals surface area contributed by atoms with Crippen molar-refractivity contribution in [2.45, 2.75) is 38.7 Å². The maximum atomic E-state index is 14.0. The van der Waals surface area contributed by atoms with E-state index in [0.29, 0.717) is 53.6 Å². The van der Waals surface area contributed by atoms with Crippen LogP contribution in [0.1, 0.15) is 59.0 Å². The second-order valence-electron chi connectivity index (χ2n) is 13.4. The van der Waals surface area contributed by atoms with Crippen LogP contribution in [-0.4, -0.2) is 57.6 Å². The van der Waals surface area contributed by atoms with Gasteiger partial charge in [-0.1, -0.05) is 24.3 Å². The third-order valence-corrected chi connectivity index (χ3v) is 9.41. The molecule has 6 aromatic rings. The highest BCUT2D eigenvalue weighted by Gasteiger charge is 2.36. The van der Waals surface area contributed by atoms with Crippen molar-refractivity contribution in [3.05, 3.63) is 89.4 Å². The summed E-state index contributed by atoms with van der Waals surface area (Å²) in [6, 6.07) is 19.7. The summed E-state index contributed by atoms with van der Waals surface area (Å²) in [5, 5.41) is 15.9. The lowest BCUT2D eigenvalue weighted by molar-refractivity contribution is 0.0635. The number of aromatic nitrogens is 2. The van der Waals surface area contributed by atoms with Crippen LogP contribution in [0.25, 0.3) is 32.8 Å². The van der Waals surface area contributed by atoms with Gasteiger partial charge in [-0.3, -0.25) is 14.9 Å². The first-order valence-corrected chi connectivity index (χ1v) is 16.5. The van der Waals surface area contributed by atoms with Crippen molar-refractivity contribution < 1.29 is 28.6 Å². The minimum atomic E-state index is -0.647. The molecular weight excluding hydrogens is 646 g/mol. The molecule has 0 saturated carbocycles. The van der Waals surface area contributed by atoms with E-state index in [1.54, 1.807) is 54.8 Å². The van der Waals surface area contributed by atoms with Gasteiger partial charge < -0.3 is 29.0 Å². The van der Waals surface area contributed by atoms with E-state index in [1.807, 2.05) is 42.5 Å². The second-order valence-corrected chi connectivity index (χ2v) is 13.7. The fourth-order valence-electron chi connectivity index (χ4n) is 6.96. The highest BCUT2D eigenvalue weighted by molar-refractivity contribution is 6.19. The van der Waals surface area contributed by atoms with Crippen LogP contribution in [-0.2, 0) is 11.2 Å². The van der Waals surface area contributed by atoms with Gasteiger partial charge in [0, 0.05) is 58.6 Å². The monoisotopic (exact) mass is 677 g/mol. The van der Waals surface area contributed by atoms with Crippen LogP contribution >= 0.6 is 11.6 Å². The molecule has 3 amide bonds. The Kier molecular flexibility index (Phi) is 7.07. The number of oxazole rings is 1. The molecule has 2 aromatic heterocycles. The number of hydrogen-bond donors (Lipinski definition) is 3. The zero-order chi connectivity index (χ0) is 34.2. The van der Waals surface area contributed by atoms with Gasteiger partial charge in [0.25, 0.3) is 11.8 Å². The number of benzene rings is 4. The zero-order valence-electron chi connectivity index (χ0n) is 27.0. The Morgan fingerprint density at radius 2 is 1.80 bits per heavy atom. The predicted octanol–water partition coefficient (Wildman–Crippen LogP) is 7.70. The first kappa shape index (κ1) is 30.8. The van der Waals surface area contributed by atoms with Crippen LogP contribution in [0.3, 0.4) is 0 Å². The van der Waals surface area contributed by atoms with Crippen molar-refractivity contribution in [3.63, 3.8) is 0 Å². The molecule has 2 aliphatic rings. The van der Waals surface area contributed by atoms with Crippen molar-refractivity contribution in [1.29, 1.82) is 0 Å². The summed E-state index contributed by atoms with van der Waals surface area (Å²) in [5.41, 5.74) is 5.07. The van der Waals surface area contributed by atoms with Gasteiger partial charge in [-0.05, 0) is 80.1 Å². The topological polar surface area (TPSA) is 141 Å². The molecule has 11 nitrogen and oxygen atoms in total. The Morgan fingerprint density at radius 3 is 2.57 bits per heavy atom. The van der Waals surface area contributed by atoms with Crippen molar-refractivity contribution in [2.24, 2.45) is 0 Å². The van der Waals surface area contributed by atoms with E-state index in [-0.39, 0.29) is 23.5 Å². The predicted molar refractivity (Wildman–Crippen MR) is 188 cm³/mol. The number of hydrogen-bond acceptors (Lipinski definition) is 7. The van der Waals surface area contributed by atoms with Crippen LogP contribution in [0.2, 0.25) is 0 Å². The second kappa shape index (κ2) is 11.3. The van der Waals surface area contributed by atoms with E-state index >= 15 is 0 Å². The number of aromatic amines is 1. The Balaban J connectivity index is 1.06. The number of nitrogens with zero attached hydrogens (tertiary/aromatic N) is 3. The molecule has 1 atom stereocenters. The number of H-pyrrole nitrogens is 1. The third-order valence-electron chi connectivity index (χ3n) is 9.03. The summed E-state index contributed by atoms with van der Waals surface area (Å²) in [5.74, 6) is -0.334. The Hall–Kier alpha value is -5.55. The van der Waals surface area contributed by atoms with Crippen molar-refractivity contribution in [3.8, 4) is 5.75 Å². The number of ether oxygens (including phenoxy) is 1. The summed E-state index contributed by atoms with van der Waals surface area (Å²) in [6.45, 7) is 6.14. The number of halogens is 1. The zero-order valence-corrected chi connectivity index (χ0v) is 27.7. The summed E-state index contributed by atoms with van der Waals surface area (Å²) < 4.78 is 11.1. The molecule has 3 N–H and O–H groups in total. The number of aromatic hydroxyl groups is 1. The smallest absolute Gasteiger partial charge is 0.412 e. The number of anilines is 3. The molecule has 0 fully saturated rings. The molecule has 4 heterocycles. The van der Waals surface area contributed by atoms with Gasteiger partial charge in [-0.2, -0.15) is 0 Å². The van der Waals surface area contributed by atoms with Crippen LogP contribution in [0.15, 0.2) is 71.1 Å². The van der Waals surface area contributed by atoms with E-state index in [9.17, 15) is 19.5 Å². The van der Waals surface area contributed by atoms with E-state index < -0.39 is 17.6 Å². The van der Waals surface area contributed by atoms with Crippen molar-refractivity contribution in [1.82, 2.24) is 9.97 Å². The molecule has 0 unspecified atom stereocenters. The molecule has 0 saturated heterocycles. The molecule has 0 aliphatic carbocycles. The van der Waals surface area contributed by atoms with E-state index in [1.165, 1.54) is 0 Å². The molecule has 49 heavy (non-hydrogen) atoms.